The number of hydrogen-bond acceptors (Lipinski definition) is 3. The van der Waals surface area contributed by atoms with E-state index in [4.69, 9.17) is 9.84 Å². The molecule has 0 radical (unpaired) electrons. The van der Waals surface area contributed by atoms with Gasteiger partial charge in [0.1, 0.15) is 6.10 Å². The van der Waals surface area contributed by atoms with Gasteiger partial charge in [0.25, 0.3) is 0 Å². The van der Waals surface area contributed by atoms with E-state index in [1.54, 1.807) is 30.3 Å². The number of esters is 1. The van der Waals surface area contributed by atoms with E-state index in [0.29, 0.717) is 24.2 Å². The van der Waals surface area contributed by atoms with Gasteiger partial charge in [-0.2, -0.15) is 0 Å². The molecule has 1 unspecified atom stereocenters. The van der Waals surface area contributed by atoms with E-state index >= 15 is 0 Å². The Morgan fingerprint density at radius 1 is 1.33 bits per heavy atom. The third-order valence-electron chi connectivity index (χ3n) is 2.34. The highest BCUT2D eigenvalue weighted by molar-refractivity contribution is 5.89. The quantitative estimate of drug-likeness (QED) is 0.752. The molecule has 2 rings (SSSR count). The third kappa shape index (κ3) is 2.37. The average molecular weight is 204 g/mol. The number of hydrogen-bond donors (Lipinski definition) is 1. The second-order valence-electron chi connectivity index (χ2n) is 3.53. The molecule has 0 bridgehead atoms. The maximum Gasteiger partial charge on any atom is 0.338 e. The Morgan fingerprint density at radius 2 is 2.07 bits per heavy atom. The van der Waals surface area contributed by atoms with Gasteiger partial charge in [0.05, 0.1) is 11.3 Å². The fraction of sp³-hybridized carbons (Fsp3) is 0.250. The Balaban J connectivity index is 1.94. The first-order chi connectivity index (χ1) is 7.25. The van der Waals surface area contributed by atoms with Crippen molar-refractivity contribution in [3.05, 3.63) is 47.7 Å². The smallest absolute Gasteiger partial charge is 0.338 e. The van der Waals surface area contributed by atoms with Gasteiger partial charge in [-0.3, -0.25) is 0 Å². The summed E-state index contributed by atoms with van der Waals surface area (Å²) >= 11 is 0. The molecule has 3 heteroatoms. The first kappa shape index (κ1) is 9.77. The van der Waals surface area contributed by atoms with Gasteiger partial charge in [-0.15, -0.1) is 0 Å². The summed E-state index contributed by atoms with van der Waals surface area (Å²) in [6.45, 7) is 0. The lowest BCUT2D eigenvalue weighted by Crippen LogP contribution is -2.15. The Morgan fingerprint density at radius 3 is 2.67 bits per heavy atom. The van der Waals surface area contributed by atoms with Crippen LogP contribution >= 0.6 is 0 Å². The Kier molecular flexibility index (Phi) is 2.72. The van der Waals surface area contributed by atoms with Gasteiger partial charge in [-0.1, -0.05) is 18.2 Å². The summed E-state index contributed by atoms with van der Waals surface area (Å²) in [6.07, 6.45) is 2.50. The minimum atomic E-state index is -0.330. The minimum absolute atomic E-state index is 0.210. The highest BCUT2D eigenvalue weighted by Gasteiger charge is 2.20. The summed E-state index contributed by atoms with van der Waals surface area (Å²) in [5, 5.41) is 9.15. The Labute approximate surface area is 88.0 Å². The molecule has 78 valence electrons. The summed E-state index contributed by atoms with van der Waals surface area (Å²) in [4.78, 5) is 11.6. The van der Waals surface area contributed by atoms with Crippen LogP contribution < -0.4 is 0 Å². The summed E-state index contributed by atoms with van der Waals surface area (Å²) in [6, 6.07) is 8.86. The minimum Gasteiger partial charge on any atom is -0.513 e. The number of benzene rings is 1. The van der Waals surface area contributed by atoms with Crippen LogP contribution in [0.4, 0.5) is 0 Å². The second-order valence-corrected chi connectivity index (χ2v) is 3.53. The van der Waals surface area contributed by atoms with Gasteiger partial charge in [0, 0.05) is 12.8 Å². The second kappa shape index (κ2) is 4.17. The zero-order valence-electron chi connectivity index (χ0n) is 8.22. The van der Waals surface area contributed by atoms with Crippen LogP contribution in [0, 0.1) is 0 Å². The van der Waals surface area contributed by atoms with Crippen LogP contribution in [-0.2, 0) is 4.74 Å². The maximum atomic E-state index is 11.6. The van der Waals surface area contributed by atoms with Crippen molar-refractivity contribution in [2.24, 2.45) is 0 Å². The first-order valence-electron chi connectivity index (χ1n) is 4.90. The average Bonchev–Trinajstić information content (AvgIpc) is 2.65. The lowest BCUT2D eigenvalue weighted by molar-refractivity contribution is 0.0316. The highest BCUT2D eigenvalue weighted by Crippen LogP contribution is 2.20. The topological polar surface area (TPSA) is 46.5 Å². The zero-order chi connectivity index (χ0) is 10.7. The molecule has 0 saturated heterocycles. The Hall–Kier alpha value is -1.77. The summed E-state index contributed by atoms with van der Waals surface area (Å²) in [5.41, 5.74) is 0.545. The predicted octanol–water partition coefficient (Wildman–Crippen LogP) is 2.45. The molecular formula is C12H12O3. The largest absolute Gasteiger partial charge is 0.513 e. The summed E-state index contributed by atoms with van der Waals surface area (Å²) < 4.78 is 5.22. The molecule has 0 heterocycles. The van der Waals surface area contributed by atoms with Crippen LogP contribution in [0.1, 0.15) is 23.2 Å². The first-order valence-corrected chi connectivity index (χ1v) is 4.90. The lowest BCUT2D eigenvalue weighted by Gasteiger charge is -2.11. The van der Waals surface area contributed by atoms with Gasteiger partial charge < -0.3 is 9.84 Å². The van der Waals surface area contributed by atoms with Crippen molar-refractivity contribution in [3.63, 3.8) is 0 Å². The fourth-order valence-corrected chi connectivity index (χ4v) is 1.55. The number of rotatable bonds is 2. The molecule has 0 aromatic heterocycles. The van der Waals surface area contributed by atoms with Crippen molar-refractivity contribution in [3.8, 4) is 0 Å². The van der Waals surface area contributed by atoms with Gasteiger partial charge in [0.15, 0.2) is 0 Å². The molecule has 1 aliphatic carbocycles. The zero-order valence-corrected chi connectivity index (χ0v) is 8.22. The molecule has 0 saturated carbocycles. The van der Waals surface area contributed by atoms with E-state index in [2.05, 4.69) is 0 Å². The van der Waals surface area contributed by atoms with Crippen molar-refractivity contribution in [2.45, 2.75) is 18.9 Å². The van der Waals surface area contributed by atoms with Crippen molar-refractivity contribution in [1.29, 1.82) is 0 Å². The monoisotopic (exact) mass is 204 g/mol. The number of aliphatic hydroxyl groups is 1. The van der Waals surface area contributed by atoms with Crippen LogP contribution in [-0.4, -0.2) is 17.2 Å². The molecule has 1 atom stereocenters. The van der Waals surface area contributed by atoms with Crippen molar-refractivity contribution in [2.75, 3.05) is 0 Å². The van der Waals surface area contributed by atoms with Crippen molar-refractivity contribution < 1.29 is 14.6 Å². The molecular weight excluding hydrogens is 192 g/mol. The molecule has 0 amide bonds. The number of carbonyl (C=O) groups excluding carboxylic acids is 1. The molecule has 0 fully saturated rings. The van der Waals surface area contributed by atoms with Crippen LogP contribution in [0.15, 0.2) is 42.2 Å². The van der Waals surface area contributed by atoms with Crippen molar-refractivity contribution >= 4 is 5.97 Å². The summed E-state index contributed by atoms with van der Waals surface area (Å²) in [5.74, 6) is -0.0236. The van der Waals surface area contributed by atoms with E-state index in [0.717, 1.165) is 0 Å². The number of ether oxygens (including phenoxy) is 1. The molecule has 0 aliphatic heterocycles. The summed E-state index contributed by atoms with van der Waals surface area (Å²) in [7, 11) is 0. The normalized spacial score (nSPS) is 19.7. The highest BCUT2D eigenvalue weighted by atomic mass is 16.5. The third-order valence-corrected chi connectivity index (χ3v) is 2.34. The maximum absolute atomic E-state index is 11.6. The van der Waals surface area contributed by atoms with Crippen LogP contribution in [0.3, 0.4) is 0 Å². The van der Waals surface area contributed by atoms with Crippen LogP contribution in [0.25, 0.3) is 0 Å². The van der Waals surface area contributed by atoms with E-state index in [9.17, 15) is 4.79 Å². The van der Waals surface area contributed by atoms with Gasteiger partial charge in [-0.05, 0) is 18.2 Å². The van der Waals surface area contributed by atoms with E-state index in [1.807, 2.05) is 6.07 Å². The van der Waals surface area contributed by atoms with E-state index < -0.39 is 0 Å². The SMILES string of the molecule is O=C(OC1CC=C(O)C1)c1ccccc1. The van der Waals surface area contributed by atoms with E-state index in [-0.39, 0.29) is 12.1 Å². The molecule has 15 heavy (non-hydrogen) atoms. The predicted molar refractivity (Wildman–Crippen MR) is 55.6 cm³/mol. The number of carbonyl (C=O) groups is 1. The fourth-order valence-electron chi connectivity index (χ4n) is 1.55. The molecule has 0 spiro atoms. The van der Waals surface area contributed by atoms with Crippen LogP contribution in [0.5, 0.6) is 0 Å². The van der Waals surface area contributed by atoms with Crippen molar-refractivity contribution in [1.82, 2.24) is 0 Å². The Bertz CT molecular complexity index is 381. The van der Waals surface area contributed by atoms with Crippen LogP contribution in [0.2, 0.25) is 0 Å². The molecule has 3 nitrogen and oxygen atoms in total. The lowest BCUT2D eigenvalue weighted by atomic mass is 10.2. The molecule has 1 aromatic carbocycles. The van der Waals surface area contributed by atoms with Gasteiger partial charge in [-0.25, -0.2) is 4.79 Å². The standard InChI is InChI=1S/C12H12O3/c13-10-6-7-11(8-10)15-12(14)9-4-2-1-3-5-9/h1-6,11,13H,7-8H2. The molecule has 1 aromatic rings. The molecule has 1 aliphatic rings. The van der Waals surface area contributed by atoms with Gasteiger partial charge >= 0.3 is 5.97 Å². The number of aliphatic hydroxyl groups excluding tert-OH is 1. The molecule has 1 N–H and O–H groups in total. The van der Waals surface area contributed by atoms with E-state index in [1.165, 1.54) is 0 Å². The van der Waals surface area contributed by atoms with Gasteiger partial charge in [0.2, 0.25) is 0 Å².